The van der Waals surface area contributed by atoms with Gasteiger partial charge in [0.15, 0.2) is 5.78 Å². The molecule has 0 spiro atoms. The van der Waals surface area contributed by atoms with Crippen LogP contribution in [-0.2, 0) is 4.79 Å². The quantitative estimate of drug-likeness (QED) is 0.451. The summed E-state index contributed by atoms with van der Waals surface area (Å²) in [6.45, 7) is 2.97. The van der Waals surface area contributed by atoms with Crippen LogP contribution in [-0.4, -0.2) is 29.8 Å². The first-order chi connectivity index (χ1) is 13.6. The van der Waals surface area contributed by atoms with Crippen LogP contribution in [0.1, 0.15) is 35.2 Å². The predicted molar refractivity (Wildman–Crippen MR) is 110 cm³/mol. The Morgan fingerprint density at radius 3 is 2.61 bits per heavy atom. The number of Topliss-reactive ketones (excluding diaryl/α,β-unsaturated/α-hetero) is 1. The molecule has 1 aromatic heterocycles. The van der Waals surface area contributed by atoms with Crippen molar-refractivity contribution in [3.63, 3.8) is 0 Å². The number of rotatable bonds is 9. The van der Waals surface area contributed by atoms with Crippen LogP contribution in [0.2, 0.25) is 0 Å². The molecule has 0 fully saturated rings. The highest BCUT2D eigenvalue weighted by atomic mass is 16.5. The molecule has 0 aliphatic carbocycles. The minimum absolute atomic E-state index is 0.0121. The molecule has 3 aromatic rings. The second-order valence-corrected chi connectivity index (χ2v) is 6.67. The lowest BCUT2D eigenvalue weighted by atomic mass is 10.1. The smallest absolute Gasteiger partial charge is 0.220 e. The van der Waals surface area contributed by atoms with Crippen molar-refractivity contribution in [3.05, 3.63) is 71.9 Å². The van der Waals surface area contributed by atoms with Gasteiger partial charge in [0, 0.05) is 36.5 Å². The largest absolute Gasteiger partial charge is 0.491 e. The minimum Gasteiger partial charge on any atom is -0.491 e. The third kappa shape index (κ3) is 5.39. The van der Waals surface area contributed by atoms with Crippen LogP contribution in [0, 0.1) is 6.92 Å². The number of ketones is 1. The van der Waals surface area contributed by atoms with E-state index in [1.165, 1.54) is 0 Å². The van der Waals surface area contributed by atoms with E-state index in [1.54, 1.807) is 18.3 Å². The molecule has 144 valence electrons. The number of amides is 1. The summed E-state index contributed by atoms with van der Waals surface area (Å²) < 4.78 is 5.80. The number of ether oxygens (including phenoxy) is 1. The molecule has 0 saturated heterocycles. The highest BCUT2D eigenvalue weighted by Gasteiger charge is 2.09. The fourth-order valence-electron chi connectivity index (χ4n) is 2.87. The number of aromatic nitrogens is 1. The molecule has 0 bridgehead atoms. The first-order valence-electron chi connectivity index (χ1n) is 9.46. The van der Waals surface area contributed by atoms with Gasteiger partial charge in [-0.05, 0) is 25.5 Å². The van der Waals surface area contributed by atoms with Gasteiger partial charge in [-0.1, -0.05) is 48.0 Å². The first-order valence-corrected chi connectivity index (χ1v) is 9.46. The summed E-state index contributed by atoms with van der Waals surface area (Å²) in [7, 11) is 0. The Kier molecular flexibility index (Phi) is 6.73. The lowest BCUT2D eigenvalue weighted by Gasteiger charge is -2.09. The average molecular weight is 376 g/mol. The van der Waals surface area contributed by atoms with E-state index in [4.69, 9.17) is 4.74 Å². The highest BCUT2D eigenvalue weighted by Crippen LogP contribution is 2.22. The van der Waals surface area contributed by atoms with Crippen molar-refractivity contribution in [2.45, 2.75) is 26.2 Å². The Balaban J connectivity index is 1.35. The van der Waals surface area contributed by atoms with Crippen LogP contribution in [0.3, 0.4) is 0 Å². The Bertz CT molecular complexity index is 946. The maximum atomic E-state index is 12.1. The summed E-state index contributed by atoms with van der Waals surface area (Å²) in [5.74, 6) is 0.613. The SMILES string of the molecule is Cc1ccc(C(=O)CCC(=O)NCCCOc2cccc3cccnc23)cc1. The van der Waals surface area contributed by atoms with Crippen molar-refractivity contribution in [1.82, 2.24) is 10.3 Å². The van der Waals surface area contributed by atoms with Gasteiger partial charge in [-0.25, -0.2) is 0 Å². The predicted octanol–water partition coefficient (Wildman–Crippen LogP) is 4.09. The van der Waals surface area contributed by atoms with Gasteiger partial charge >= 0.3 is 0 Å². The second-order valence-electron chi connectivity index (χ2n) is 6.67. The lowest BCUT2D eigenvalue weighted by Crippen LogP contribution is -2.26. The molecule has 0 radical (unpaired) electrons. The molecule has 3 rings (SSSR count). The summed E-state index contributed by atoms with van der Waals surface area (Å²) in [6, 6.07) is 17.1. The van der Waals surface area contributed by atoms with Gasteiger partial charge in [-0.2, -0.15) is 0 Å². The van der Waals surface area contributed by atoms with Crippen LogP contribution < -0.4 is 10.1 Å². The van der Waals surface area contributed by atoms with Gasteiger partial charge in [0.1, 0.15) is 11.3 Å². The van der Waals surface area contributed by atoms with Gasteiger partial charge in [-0.15, -0.1) is 0 Å². The molecule has 1 amide bonds. The summed E-state index contributed by atoms with van der Waals surface area (Å²) in [5.41, 5.74) is 2.59. The summed E-state index contributed by atoms with van der Waals surface area (Å²) >= 11 is 0. The molecule has 0 aliphatic heterocycles. The number of carbonyl (C=O) groups is 2. The fraction of sp³-hybridized carbons (Fsp3) is 0.261. The van der Waals surface area contributed by atoms with Crippen LogP contribution in [0.25, 0.3) is 10.9 Å². The van der Waals surface area contributed by atoms with Crippen LogP contribution in [0.5, 0.6) is 5.75 Å². The monoisotopic (exact) mass is 376 g/mol. The van der Waals surface area contributed by atoms with Crippen LogP contribution in [0.4, 0.5) is 0 Å². The van der Waals surface area contributed by atoms with Gasteiger partial charge in [0.2, 0.25) is 5.91 Å². The molecule has 28 heavy (non-hydrogen) atoms. The molecular formula is C23H24N2O3. The van der Waals surface area contributed by atoms with Crippen molar-refractivity contribution in [2.75, 3.05) is 13.2 Å². The third-order valence-electron chi connectivity index (χ3n) is 4.45. The number of benzene rings is 2. The lowest BCUT2D eigenvalue weighted by molar-refractivity contribution is -0.121. The minimum atomic E-state index is -0.118. The number of nitrogens with one attached hydrogen (secondary N) is 1. The zero-order valence-electron chi connectivity index (χ0n) is 16.0. The van der Waals surface area contributed by atoms with Gasteiger partial charge in [0.25, 0.3) is 0 Å². The van der Waals surface area contributed by atoms with E-state index >= 15 is 0 Å². The molecule has 2 aromatic carbocycles. The molecule has 0 saturated carbocycles. The summed E-state index contributed by atoms with van der Waals surface area (Å²) in [6.07, 6.45) is 2.84. The maximum Gasteiger partial charge on any atom is 0.220 e. The third-order valence-corrected chi connectivity index (χ3v) is 4.45. The van der Waals surface area contributed by atoms with Crippen LogP contribution in [0.15, 0.2) is 60.8 Å². The summed E-state index contributed by atoms with van der Waals surface area (Å²) in [5, 5.41) is 3.87. The van der Waals surface area contributed by atoms with Gasteiger partial charge in [0.05, 0.1) is 6.61 Å². The zero-order valence-corrected chi connectivity index (χ0v) is 16.0. The van der Waals surface area contributed by atoms with E-state index in [0.717, 1.165) is 22.2 Å². The number of hydrogen-bond acceptors (Lipinski definition) is 4. The van der Waals surface area contributed by atoms with E-state index in [2.05, 4.69) is 10.3 Å². The number of pyridine rings is 1. The maximum absolute atomic E-state index is 12.1. The van der Waals surface area contributed by atoms with E-state index in [0.29, 0.717) is 25.1 Å². The number of aryl methyl sites for hydroxylation is 1. The highest BCUT2D eigenvalue weighted by molar-refractivity contribution is 5.97. The number of fused-ring (bicyclic) bond motifs is 1. The topological polar surface area (TPSA) is 68.3 Å². The number of hydrogen-bond donors (Lipinski definition) is 1. The summed E-state index contributed by atoms with van der Waals surface area (Å²) in [4.78, 5) is 28.4. The molecule has 0 unspecified atom stereocenters. The van der Waals surface area contributed by atoms with Crippen molar-refractivity contribution in [1.29, 1.82) is 0 Å². The Labute approximate surface area is 164 Å². The van der Waals surface area contributed by atoms with E-state index in [9.17, 15) is 9.59 Å². The fourth-order valence-corrected chi connectivity index (χ4v) is 2.87. The number of nitrogens with zero attached hydrogens (tertiary/aromatic N) is 1. The Morgan fingerprint density at radius 2 is 1.79 bits per heavy atom. The van der Waals surface area contributed by atoms with Crippen molar-refractivity contribution in [2.24, 2.45) is 0 Å². The zero-order chi connectivity index (χ0) is 19.8. The van der Waals surface area contributed by atoms with E-state index in [-0.39, 0.29) is 24.5 Å². The second kappa shape index (κ2) is 9.65. The molecule has 0 atom stereocenters. The van der Waals surface area contributed by atoms with Gasteiger partial charge < -0.3 is 10.1 Å². The Morgan fingerprint density at radius 1 is 1.00 bits per heavy atom. The molecule has 0 aliphatic rings. The molecule has 5 heteroatoms. The van der Waals surface area contributed by atoms with Crippen molar-refractivity contribution >= 4 is 22.6 Å². The molecule has 5 nitrogen and oxygen atoms in total. The average Bonchev–Trinajstić information content (AvgIpc) is 2.72. The van der Waals surface area contributed by atoms with Crippen molar-refractivity contribution < 1.29 is 14.3 Å². The van der Waals surface area contributed by atoms with E-state index in [1.807, 2.05) is 49.4 Å². The number of carbonyl (C=O) groups excluding carboxylic acids is 2. The van der Waals surface area contributed by atoms with Gasteiger partial charge in [-0.3, -0.25) is 14.6 Å². The first kappa shape index (κ1) is 19.5. The van der Waals surface area contributed by atoms with Crippen molar-refractivity contribution in [3.8, 4) is 5.75 Å². The standard InChI is InChI=1S/C23H24N2O3/c1-17-8-10-18(11-9-17)20(26)12-13-22(27)24-15-4-16-28-21-7-2-5-19-6-3-14-25-23(19)21/h2-3,5-11,14H,4,12-13,15-16H2,1H3,(H,24,27). The van der Waals surface area contributed by atoms with Crippen LogP contribution >= 0.6 is 0 Å². The number of para-hydroxylation sites is 1. The molecular weight excluding hydrogens is 352 g/mol. The van der Waals surface area contributed by atoms with E-state index < -0.39 is 0 Å². The molecule has 1 heterocycles. The Hall–Kier alpha value is -3.21. The molecule has 1 N–H and O–H groups in total. The normalized spacial score (nSPS) is 10.6.